The maximum atomic E-state index is 12.9. The van der Waals surface area contributed by atoms with E-state index in [2.05, 4.69) is 6.07 Å². The van der Waals surface area contributed by atoms with Crippen LogP contribution in [0.2, 0.25) is 0 Å². The number of amides is 1. The highest BCUT2D eigenvalue weighted by molar-refractivity contribution is 7.90. The van der Waals surface area contributed by atoms with E-state index in [4.69, 9.17) is 0 Å². The maximum absolute atomic E-state index is 12.9. The number of nitrogens with zero attached hydrogens (tertiary/aromatic N) is 2. The highest BCUT2D eigenvalue weighted by Crippen LogP contribution is 2.37. The Morgan fingerprint density at radius 2 is 1.96 bits per heavy atom. The minimum Gasteiger partial charge on any atom is -0.348 e. The van der Waals surface area contributed by atoms with Crippen LogP contribution in [-0.2, 0) is 14.8 Å². The molecule has 0 spiro atoms. The Morgan fingerprint density at radius 3 is 2.57 bits per heavy atom. The van der Waals surface area contributed by atoms with Gasteiger partial charge in [0.2, 0.25) is 15.9 Å². The molecule has 1 fully saturated rings. The van der Waals surface area contributed by atoms with E-state index in [0.29, 0.717) is 6.54 Å². The molecule has 1 aliphatic heterocycles. The first kappa shape index (κ1) is 17.9. The molecule has 0 bridgehead atoms. The van der Waals surface area contributed by atoms with E-state index in [-0.39, 0.29) is 11.9 Å². The average molecular weight is 338 g/mol. The lowest BCUT2D eigenvalue weighted by Crippen LogP contribution is -2.45. The third-order valence-corrected chi connectivity index (χ3v) is 6.75. The number of benzene rings is 1. The maximum Gasteiger partial charge on any atom is 0.241 e. The third-order valence-electron chi connectivity index (χ3n) is 4.56. The molecule has 1 aliphatic rings. The van der Waals surface area contributed by atoms with Crippen LogP contribution in [0, 0.1) is 13.8 Å². The van der Waals surface area contributed by atoms with Gasteiger partial charge in [-0.3, -0.25) is 4.79 Å². The van der Waals surface area contributed by atoms with Gasteiger partial charge in [0.25, 0.3) is 0 Å². The lowest BCUT2D eigenvalue weighted by molar-refractivity contribution is -0.128. The summed E-state index contributed by atoms with van der Waals surface area (Å²) in [7, 11) is -0.500. The Morgan fingerprint density at radius 1 is 1.30 bits per heavy atom. The van der Waals surface area contributed by atoms with Crippen LogP contribution in [0.4, 0.5) is 0 Å². The number of rotatable bonds is 4. The van der Waals surface area contributed by atoms with Crippen molar-refractivity contribution < 1.29 is 13.2 Å². The van der Waals surface area contributed by atoms with Crippen molar-refractivity contribution in [1.82, 2.24) is 9.21 Å². The average Bonchev–Trinajstić information content (AvgIpc) is 2.98. The quantitative estimate of drug-likeness (QED) is 0.846. The number of aryl methyl sites for hydroxylation is 2. The molecule has 0 aromatic heterocycles. The first-order valence-electron chi connectivity index (χ1n) is 7.95. The Balaban J connectivity index is 2.38. The van der Waals surface area contributed by atoms with Crippen molar-refractivity contribution in [2.75, 3.05) is 20.6 Å². The van der Waals surface area contributed by atoms with Gasteiger partial charge < -0.3 is 4.90 Å². The summed E-state index contributed by atoms with van der Waals surface area (Å²) >= 11 is 0. The van der Waals surface area contributed by atoms with Gasteiger partial charge in [-0.25, -0.2) is 8.42 Å². The summed E-state index contributed by atoms with van der Waals surface area (Å²) in [6, 6.07) is 5.96. The second-order valence-corrected chi connectivity index (χ2v) is 8.75. The zero-order valence-electron chi connectivity index (χ0n) is 14.5. The number of sulfonamides is 1. The van der Waals surface area contributed by atoms with Crippen LogP contribution in [0.25, 0.3) is 0 Å². The largest absolute Gasteiger partial charge is 0.348 e. The fraction of sp³-hybridized carbons (Fsp3) is 0.588. The lowest BCUT2D eigenvalue weighted by Gasteiger charge is -2.29. The van der Waals surface area contributed by atoms with Crippen LogP contribution in [0.3, 0.4) is 0 Å². The summed E-state index contributed by atoms with van der Waals surface area (Å²) in [6.45, 7) is 5.97. The number of hydrogen-bond acceptors (Lipinski definition) is 3. The Kier molecular flexibility index (Phi) is 5.16. The molecule has 0 N–H and O–H groups in total. The first-order chi connectivity index (χ1) is 10.7. The van der Waals surface area contributed by atoms with Gasteiger partial charge in [0, 0.05) is 20.6 Å². The van der Waals surface area contributed by atoms with Crippen molar-refractivity contribution in [3.05, 3.63) is 34.9 Å². The molecule has 1 aromatic carbocycles. The molecule has 0 radical (unpaired) electrons. The van der Waals surface area contributed by atoms with Crippen LogP contribution in [0.5, 0.6) is 0 Å². The predicted octanol–water partition coefficient (Wildman–Crippen LogP) is 2.25. The molecule has 0 aliphatic carbocycles. The zero-order valence-corrected chi connectivity index (χ0v) is 15.4. The van der Waals surface area contributed by atoms with Crippen LogP contribution >= 0.6 is 0 Å². The van der Waals surface area contributed by atoms with Crippen molar-refractivity contribution in [2.24, 2.45) is 0 Å². The van der Waals surface area contributed by atoms with Crippen LogP contribution in [0.15, 0.2) is 18.2 Å². The van der Waals surface area contributed by atoms with Gasteiger partial charge in [0.15, 0.2) is 5.25 Å². The monoisotopic (exact) mass is 338 g/mol. The van der Waals surface area contributed by atoms with Crippen LogP contribution in [-0.4, -0.2) is 49.4 Å². The Labute approximate surface area is 139 Å². The topological polar surface area (TPSA) is 57.7 Å². The summed E-state index contributed by atoms with van der Waals surface area (Å²) in [4.78, 5) is 13.5. The number of hydrogen-bond donors (Lipinski definition) is 0. The SMILES string of the molecule is Cc1ccc(C)c([C@H]2CCCN2S(=O)(=O)[C@H](C)C(=O)N(C)C)c1. The van der Waals surface area contributed by atoms with Gasteiger partial charge >= 0.3 is 0 Å². The molecule has 0 unspecified atom stereocenters. The fourth-order valence-electron chi connectivity index (χ4n) is 3.17. The van der Waals surface area contributed by atoms with Crippen molar-refractivity contribution in [3.8, 4) is 0 Å². The summed E-state index contributed by atoms with van der Waals surface area (Å²) in [5, 5.41) is -1.05. The minimum absolute atomic E-state index is 0.169. The summed E-state index contributed by atoms with van der Waals surface area (Å²) in [6.07, 6.45) is 1.62. The van der Waals surface area contributed by atoms with Crippen molar-refractivity contribution in [1.29, 1.82) is 0 Å². The molecule has 1 amide bonds. The molecule has 1 saturated heterocycles. The molecule has 0 saturated carbocycles. The molecule has 23 heavy (non-hydrogen) atoms. The zero-order chi connectivity index (χ0) is 17.4. The molecular formula is C17H26N2O3S. The van der Waals surface area contributed by atoms with Crippen molar-refractivity contribution in [3.63, 3.8) is 0 Å². The highest BCUT2D eigenvalue weighted by atomic mass is 32.2. The first-order valence-corrected chi connectivity index (χ1v) is 9.45. The van der Waals surface area contributed by atoms with E-state index in [9.17, 15) is 13.2 Å². The van der Waals surface area contributed by atoms with Gasteiger partial charge in [-0.1, -0.05) is 23.8 Å². The normalized spacial score (nSPS) is 20.5. The smallest absolute Gasteiger partial charge is 0.241 e. The van der Waals surface area contributed by atoms with Gasteiger partial charge in [0.05, 0.1) is 6.04 Å². The molecule has 1 aromatic rings. The molecule has 2 atom stereocenters. The van der Waals surface area contributed by atoms with E-state index in [1.807, 2.05) is 26.0 Å². The molecule has 2 rings (SSSR count). The standard InChI is InChI=1S/C17H26N2O3S/c1-12-8-9-13(2)15(11-12)16-7-6-10-19(16)23(21,22)14(3)17(20)18(4)5/h8-9,11,14,16H,6-7,10H2,1-5H3/t14-,16-/m1/s1. The molecule has 5 nitrogen and oxygen atoms in total. The lowest BCUT2D eigenvalue weighted by atomic mass is 9.98. The van der Waals surface area contributed by atoms with E-state index in [1.54, 1.807) is 14.1 Å². The van der Waals surface area contributed by atoms with Gasteiger partial charge in [0.1, 0.15) is 0 Å². The van der Waals surface area contributed by atoms with Crippen LogP contribution < -0.4 is 0 Å². The van der Waals surface area contributed by atoms with Crippen molar-refractivity contribution in [2.45, 2.75) is 44.9 Å². The molecular weight excluding hydrogens is 312 g/mol. The van der Waals surface area contributed by atoms with E-state index in [1.165, 1.54) is 16.1 Å². The molecule has 6 heteroatoms. The van der Waals surface area contributed by atoms with E-state index in [0.717, 1.165) is 29.5 Å². The fourth-order valence-corrected chi connectivity index (χ4v) is 5.00. The number of carbonyl (C=O) groups excluding carboxylic acids is 1. The van der Waals surface area contributed by atoms with Gasteiger partial charge in [-0.05, 0) is 44.7 Å². The van der Waals surface area contributed by atoms with Gasteiger partial charge in [-0.15, -0.1) is 0 Å². The molecule has 128 valence electrons. The Hall–Kier alpha value is -1.40. The summed E-state index contributed by atoms with van der Waals surface area (Å²) in [5.41, 5.74) is 3.26. The summed E-state index contributed by atoms with van der Waals surface area (Å²) < 4.78 is 27.4. The third kappa shape index (κ3) is 3.43. The van der Waals surface area contributed by atoms with E-state index < -0.39 is 15.3 Å². The Bertz CT molecular complexity index is 698. The minimum atomic E-state index is -3.67. The summed E-state index contributed by atoms with van der Waals surface area (Å²) in [5.74, 6) is -0.378. The number of carbonyl (C=O) groups is 1. The second-order valence-electron chi connectivity index (χ2n) is 6.55. The van der Waals surface area contributed by atoms with Crippen molar-refractivity contribution >= 4 is 15.9 Å². The van der Waals surface area contributed by atoms with E-state index >= 15 is 0 Å². The highest BCUT2D eigenvalue weighted by Gasteiger charge is 2.41. The van der Waals surface area contributed by atoms with Crippen LogP contribution in [0.1, 0.15) is 42.5 Å². The second kappa shape index (κ2) is 6.61. The van der Waals surface area contributed by atoms with Gasteiger partial charge in [-0.2, -0.15) is 4.31 Å². The molecule has 1 heterocycles. The predicted molar refractivity (Wildman–Crippen MR) is 91.7 cm³/mol.